The summed E-state index contributed by atoms with van der Waals surface area (Å²) in [6, 6.07) is 4.30. The van der Waals surface area contributed by atoms with Gasteiger partial charge in [0.25, 0.3) is 0 Å². The van der Waals surface area contributed by atoms with Gasteiger partial charge >= 0.3 is 11.7 Å². The van der Waals surface area contributed by atoms with Gasteiger partial charge in [-0.25, -0.2) is 0 Å². The Morgan fingerprint density at radius 3 is 2.81 bits per heavy atom. The summed E-state index contributed by atoms with van der Waals surface area (Å²) < 4.78 is 10.2. The molecule has 114 valence electrons. The van der Waals surface area contributed by atoms with Crippen LogP contribution in [0.3, 0.4) is 0 Å². The summed E-state index contributed by atoms with van der Waals surface area (Å²) in [5.74, 6) is -0.274. The smallest absolute Gasteiger partial charge is 0.326 e. The highest BCUT2D eigenvalue weighted by Crippen LogP contribution is 2.28. The predicted molar refractivity (Wildman–Crippen MR) is 75.3 cm³/mol. The minimum Gasteiger partial charge on any atom is -0.485 e. The maximum atomic E-state index is 11.7. The molecule has 0 heterocycles. The molecule has 1 fully saturated rings. The second-order valence-electron chi connectivity index (χ2n) is 5.06. The van der Waals surface area contributed by atoms with Crippen LogP contribution in [0.5, 0.6) is 5.75 Å². The van der Waals surface area contributed by atoms with Gasteiger partial charge < -0.3 is 9.47 Å². The van der Waals surface area contributed by atoms with E-state index in [1.54, 1.807) is 12.1 Å². The summed E-state index contributed by atoms with van der Waals surface area (Å²) in [5, 5.41) is 14.1. The largest absolute Gasteiger partial charge is 0.485 e. The summed E-state index contributed by atoms with van der Waals surface area (Å²) >= 11 is 0. The average molecular weight is 294 g/mol. The molecule has 2 rings (SSSR count). The van der Waals surface area contributed by atoms with Crippen molar-refractivity contribution >= 4 is 11.7 Å². The minimum absolute atomic E-state index is 0.00648. The quantitative estimate of drug-likeness (QED) is 0.466. The number of methoxy groups -OCH3 is 1. The number of rotatable bonds is 7. The molecule has 1 unspecified atom stereocenters. The first kappa shape index (κ1) is 15.2. The van der Waals surface area contributed by atoms with Crippen molar-refractivity contribution in [3.05, 3.63) is 33.9 Å². The topological polar surface area (TPSA) is 90.7 Å². The van der Waals surface area contributed by atoms with Gasteiger partial charge in [0, 0.05) is 12.1 Å². The monoisotopic (exact) mass is 294 g/mol. The number of nitrogens with one attached hydrogen (secondary N) is 1. The maximum absolute atomic E-state index is 11.7. The average Bonchev–Trinajstić information content (AvgIpc) is 3.26. The van der Waals surface area contributed by atoms with Gasteiger partial charge in [-0.05, 0) is 31.4 Å². The van der Waals surface area contributed by atoms with Crippen LogP contribution in [0, 0.1) is 17.0 Å². The Kier molecular flexibility index (Phi) is 4.74. The molecule has 0 radical (unpaired) electrons. The SMILES string of the molecule is COC(=O)C(COc1cc(C)ccc1[N+](=O)[O-])NC1CC1. The fraction of sp³-hybridized carbons (Fsp3) is 0.500. The molecule has 1 saturated carbocycles. The van der Waals surface area contributed by atoms with Crippen molar-refractivity contribution in [1.82, 2.24) is 5.32 Å². The molecule has 1 N–H and O–H groups in total. The normalized spacial score (nSPS) is 15.3. The number of esters is 1. The van der Waals surface area contributed by atoms with Crippen LogP contribution in [0.4, 0.5) is 5.69 Å². The first-order chi connectivity index (χ1) is 10.0. The predicted octanol–water partition coefficient (Wildman–Crippen LogP) is 1.58. The van der Waals surface area contributed by atoms with Crippen LogP contribution in [-0.2, 0) is 9.53 Å². The molecular weight excluding hydrogens is 276 g/mol. The summed E-state index contributed by atoms with van der Waals surface area (Å²) in [5.41, 5.74) is 0.732. The summed E-state index contributed by atoms with van der Waals surface area (Å²) in [7, 11) is 1.30. The fourth-order valence-electron chi connectivity index (χ4n) is 1.92. The third-order valence-electron chi connectivity index (χ3n) is 3.22. The number of aryl methyl sites for hydroxylation is 1. The van der Waals surface area contributed by atoms with Gasteiger partial charge in [-0.2, -0.15) is 0 Å². The number of carbonyl (C=O) groups is 1. The van der Waals surface area contributed by atoms with Crippen molar-refractivity contribution in [2.75, 3.05) is 13.7 Å². The second-order valence-corrected chi connectivity index (χ2v) is 5.06. The third kappa shape index (κ3) is 4.16. The van der Waals surface area contributed by atoms with Gasteiger partial charge in [-0.15, -0.1) is 0 Å². The molecule has 0 spiro atoms. The van der Waals surface area contributed by atoms with Crippen LogP contribution in [-0.4, -0.2) is 36.7 Å². The molecule has 0 bridgehead atoms. The van der Waals surface area contributed by atoms with Gasteiger partial charge in [0.1, 0.15) is 12.6 Å². The molecule has 1 aromatic rings. The van der Waals surface area contributed by atoms with Crippen molar-refractivity contribution in [3.63, 3.8) is 0 Å². The fourth-order valence-corrected chi connectivity index (χ4v) is 1.92. The van der Waals surface area contributed by atoms with Crippen molar-refractivity contribution < 1.29 is 19.2 Å². The van der Waals surface area contributed by atoms with E-state index >= 15 is 0 Å². The lowest BCUT2D eigenvalue weighted by Crippen LogP contribution is -2.43. The lowest BCUT2D eigenvalue weighted by Gasteiger charge is -2.17. The Morgan fingerprint density at radius 1 is 1.52 bits per heavy atom. The molecule has 7 heteroatoms. The molecule has 21 heavy (non-hydrogen) atoms. The summed E-state index contributed by atoms with van der Waals surface area (Å²) in [6.07, 6.45) is 2.02. The molecule has 0 aliphatic heterocycles. The van der Waals surface area contributed by atoms with Crippen molar-refractivity contribution in [3.8, 4) is 5.75 Å². The highest BCUT2D eigenvalue weighted by atomic mass is 16.6. The number of hydrogen-bond donors (Lipinski definition) is 1. The summed E-state index contributed by atoms with van der Waals surface area (Å²) in [6.45, 7) is 1.81. The lowest BCUT2D eigenvalue weighted by atomic mass is 10.2. The van der Waals surface area contributed by atoms with Gasteiger partial charge in [0.15, 0.2) is 5.75 Å². The van der Waals surface area contributed by atoms with E-state index < -0.39 is 16.9 Å². The molecule has 7 nitrogen and oxygen atoms in total. The summed E-state index contributed by atoms with van der Waals surface area (Å²) in [4.78, 5) is 22.2. The zero-order chi connectivity index (χ0) is 15.4. The molecule has 1 aliphatic carbocycles. The maximum Gasteiger partial charge on any atom is 0.326 e. The molecule has 1 aromatic carbocycles. The van der Waals surface area contributed by atoms with Crippen LogP contribution in [0.1, 0.15) is 18.4 Å². The molecule has 1 aliphatic rings. The van der Waals surface area contributed by atoms with Gasteiger partial charge in [-0.1, -0.05) is 6.07 Å². The molecular formula is C14H18N2O5. The number of benzene rings is 1. The Balaban J connectivity index is 2.07. The Bertz CT molecular complexity index is 542. The highest BCUT2D eigenvalue weighted by molar-refractivity contribution is 5.76. The zero-order valence-corrected chi connectivity index (χ0v) is 12.0. The lowest BCUT2D eigenvalue weighted by molar-refractivity contribution is -0.385. The number of nitro groups is 1. The molecule has 0 saturated heterocycles. The van der Waals surface area contributed by atoms with Crippen molar-refractivity contribution in [1.29, 1.82) is 0 Å². The Labute approximate surface area is 122 Å². The number of ether oxygens (including phenoxy) is 2. The molecule has 1 atom stereocenters. The van der Waals surface area contributed by atoms with Crippen LogP contribution in [0.15, 0.2) is 18.2 Å². The Morgan fingerprint density at radius 2 is 2.24 bits per heavy atom. The van der Waals surface area contributed by atoms with E-state index in [0.717, 1.165) is 18.4 Å². The minimum atomic E-state index is -0.623. The van der Waals surface area contributed by atoms with Crippen LogP contribution in [0.2, 0.25) is 0 Å². The van der Waals surface area contributed by atoms with Crippen molar-refractivity contribution in [2.45, 2.75) is 31.8 Å². The standard InChI is InChI=1S/C14H18N2O5/c1-9-3-6-12(16(18)19)13(7-9)21-8-11(14(17)20-2)15-10-4-5-10/h3,6-7,10-11,15H,4-5,8H2,1-2H3. The van der Waals surface area contributed by atoms with E-state index in [9.17, 15) is 14.9 Å². The Hall–Kier alpha value is -2.15. The molecule has 0 amide bonds. The van der Waals surface area contributed by atoms with Gasteiger partial charge in [0.05, 0.1) is 12.0 Å². The van der Waals surface area contributed by atoms with E-state index in [1.807, 2.05) is 6.92 Å². The second kappa shape index (κ2) is 6.53. The number of nitro benzene ring substituents is 1. The molecule has 0 aromatic heterocycles. The third-order valence-corrected chi connectivity index (χ3v) is 3.22. The van der Waals surface area contributed by atoms with Gasteiger partial charge in [-0.3, -0.25) is 20.2 Å². The van der Waals surface area contributed by atoms with Crippen LogP contribution >= 0.6 is 0 Å². The van der Waals surface area contributed by atoms with Crippen LogP contribution in [0.25, 0.3) is 0 Å². The van der Waals surface area contributed by atoms with E-state index in [2.05, 4.69) is 5.32 Å². The van der Waals surface area contributed by atoms with E-state index in [1.165, 1.54) is 13.2 Å². The number of carbonyl (C=O) groups excluding carboxylic acids is 1. The van der Waals surface area contributed by atoms with E-state index in [-0.39, 0.29) is 18.0 Å². The van der Waals surface area contributed by atoms with Gasteiger partial charge in [0.2, 0.25) is 0 Å². The number of hydrogen-bond acceptors (Lipinski definition) is 6. The number of nitrogens with zero attached hydrogens (tertiary/aromatic N) is 1. The van der Waals surface area contributed by atoms with E-state index in [4.69, 9.17) is 9.47 Å². The zero-order valence-electron chi connectivity index (χ0n) is 12.0. The highest BCUT2D eigenvalue weighted by Gasteiger charge is 2.30. The van der Waals surface area contributed by atoms with Crippen molar-refractivity contribution in [2.24, 2.45) is 0 Å². The van der Waals surface area contributed by atoms with E-state index in [0.29, 0.717) is 6.04 Å². The first-order valence-electron chi connectivity index (χ1n) is 6.73. The van der Waals surface area contributed by atoms with Crippen LogP contribution < -0.4 is 10.1 Å². The first-order valence-corrected chi connectivity index (χ1v) is 6.73.